The fourth-order valence-corrected chi connectivity index (χ4v) is 3.34. The number of benzene rings is 1. The second kappa shape index (κ2) is 7.32. The fourth-order valence-electron chi connectivity index (χ4n) is 3.11. The van der Waals surface area contributed by atoms with Gasteiger partial charge in [0.15, 0.2) is 0 Å². The quantitative estimate of drug-likeness (QED) is 0.918. The Bertz CT molecular complexity index is 705. The first kappa shape index (κ1) is 16.9. The highest BCUT2D eigenvalue weighted by Crippen LogP contribution is 2.28. The van der Waals surface area contributed by atoms with Gasteiger partial charge in [-0.25, -0.2) is 9.07 Å². The van der Waals surface area contributed by atoms with Gasteiger partial charge in [0, 0.05) is 43.2 Å². The molecule has 1 N–H and O–H groups in total. The van der Waals surface area contributed by atoms with Crippen LogP contribution in [0.2, 0.25) is 5.02 Å². The molecule has 1 aromatic heterocycles. The molecule has 3 rings (SSSR count). The topological polar surface area (TPSA) is 50.2 Å². The molecule has 24 heavy (non-hydrogen) atoms. The lowest BCUT2D eigenvalue weighted by Gasteiger charge is -2.32. The van der Waals surface area contributed by atoms with Crippen molar-refractivity contribution in [3.05, 3.63) is 46.9 Å². The molecule has 128 valence electrons. The van der Waals surface area contributed by atoms with E-state index in [9.17, 15) is 9.18 Å². The maximum absolute atomic E-state index is 13.9. The number of carbonyl (C=O) groups excluding carboxylic acids is 1. The molecule has 0 radical (unpaired) electrons. The summed E-state index contributed by atoms with van der Waals surface area (Å²) < 4.78 is 15.8. The van der Waals surface area contributed by atoms with Gasteiger partial charge in [-0.2, -0.15) is 5.10 Å². The normalized spacial score (nSPS) is 16.3. The van der Waals surface area contributed by atoms with Crippen molar-refractivity contribution in [1.29, 1.82) is 0 Å². The summed E-state index contributed by atoms with van der Waals surface area (Å²) in [6, 6.07) is 6.81. The summed E-state index contributed by atoms with van der Waals surface area (Å²) in [7, 11) is 0. The van der Waals surface area contributed by atoms with Crippen LogP contribution in [0.1, 0.15) is 31.4 Å². The Morgan fingerprint density at radius 3 is 2.79 bits per heavy atom. The molecule has 1 fully saturated rings. The summed E-state index contributed by atoms with van der Waals surface area (Å²) in [6.45, 7) is 3.65. The molecule has 1 amide bonds. The zero-order valence-electron chi connectivity index (χ0n) is 13.5. The Labute approximate surface area is 145 Å². The van der Waals surface area contributed by atoms with Crippen molar-refractivity contribution in [2.24, 2.45) is 0 Å². The molecule has 0 saturated carbocycles. The van der Waals surface area contributed by atoms with E-state index in [-0.39, 0.29) is 17.8 Å². The number of nitrogens with zero attached hydrogens (tertiary/aromatic N) is 3. The summed E-state index contributed by atoms with van der Waals surface area (Å²) in [5.41, 5.74) is 0.552. The largest absolute Gasteiger partial charge is 0.311 e. The third kappa shape index (κ3) is 3.76. The molecule has 0 aliphatic carbocycles. The van der Waals surface area contributed by atoms with Crippen LogP contribution >= 0.6 is 11.6 Å². The van der Waals surface area contributed by atoms with Crippen molar-refractivity contribution < 1.29 is 9.18 Å². The Morgan fingerprint density at radius 2 is 2.12 bits per heavy atom. The van der Waals surface area contributed by atoms with Gasteiger partial charge in [0.25, 0.3) is 0 Å². The second-order valence-corrected chi connectivity index (χ2v) is 6.46. The lowest BCUT2D eigenvalue weighted by atomic mass is 10.0. The lowest BCUT2D eigenvalue weighted by molar-refractivity contribution is -0.114. The zero-order valence-corrected chi connectivity index (χ0v) is 14.3. The summed E-state index contributed by atoms with van der Waals surface area (Å²) >= 11 is 6.11. The number of rotatable bonds is 4. The van der Waals surface area contributed by atoms with Crippen LogP contribution in [-0.4, -0.2) is 33.7 Å². The third-order valence-electron chi connectivity index (χ3n) is 4.32. The Balaban J connectivity index is 1.62. The maximum atomic E-state index is 13.9. The van der Waals surface area contributed by atoms with E-state index in [2.05, 4.69) is 15.3 Å². The summed E-state index contributed by atoms with van der Waals surface area (Å²) in [4.78, 5) is 13.5. The van der Waals surface area contributed by atoms with Crippen LogP contribution in [0.15, 0.2) is 30.5 Å². The Hall–Kier alpha value is -1.92. The predicted molar refractivity (Wildman–Crippen MR) is 91.5 cm³/mol. The molecule has 0 unspecified atom stereocenters. The molecule has 1 aliphatic rings. The summed E-state index contributed by atoms with van der Waals surface area (Å²) in [5.74, 6) is 0.353. The van der Waals surface area contributed by atoms with E-state index < -0.39 is 0 Å². The van der Waals surface area contributed by atoms with Crippen molar-refractivity contribution in [2.75, 3.05) is 18.4 Å². The van der Waals surface area contributed by atoms with Crippen molar-refractivity contribution >= 4 is 23.3 Å². The van der Waals surface area contributed by atoms with Crippen LogP contribution in [0.25, 0.3) is 0 Å². The molecule has 0 atom stereocenters. The van der Waals surface area contributed by atoms with Crippen LogP contribution in [0.4, 0.5) is 10.2 Å². The number of amides is 1. The van der Waals surface area contributed by atoms with Gasteiger partial charge in [-0.3, -0.25) is 9.69 Å². The first-order chi connectivity index (χ1) is 11.5. The SMILES string of the molecule is CC(=O)Nc1ccnn1C1CCN(Cc2c(F)cccc2Cl)CC1. The minimum absolute atomic E-state index is 0.108. The standard InChI is InChI=1S/C17H20ClFN4O/c1-12(24)21-17-5-8-20-23(17)13-6-9-22(10-7-13)11-14-15(18)3-2-4-16(14)19/h2-5,8,13H,6-7,9-11H2,1H3,(H,21,24). The monoisotopic (exact) mass is 350 g/mol. The average molecular weight is 351 g/mol. The van der Waals surface area contributed by atoms with Crippen molar-refractivity contribution in [3.63, 3.8) is 0 Å². The molecule has 2 aromatic rings. The first-order valence-electron chi connectivity index (χ1n) is 8.01. The van der Waals surface area contributed by atoms with Crippen LogP contribution in [0.5, 0.6) is 0 Å². The van der Waals surface area contributed by atoms with E-state index in [0.717, 1.165) is 31.7 Å². The number of aromatic nitrogens is 2. The van der Waals surface area contributed by atoms with E-state index in [0.29, 0.717) is 17.1 Å². The molecule has 1 aliphatic heterocycles. The number of halogens is 2. The predicted octanol–water partition coefficient (Wildman–Crippen LogP) is 3.47. The van der Waals surface area contributed by atoms with E-state index >= 15 is 0 Å². The summed E-state index contributed by atoms with van der Waals surface area (Å²) in [6.07, 6.45) is 3.47. The van der Waals surface area contributed by atoms with Crippen LogP contribution in [-0.2, 0) is 11.3 Å². The van der Waals surface area contributed by atoms with Gasteiger partial charge in [-0.1, -0.05) is 17.7 Å². The number of hydrogen-bond donors (Lipinski definition) is 1. The number of piperidine rings is 1. The number of anilines is 1. The molecule has 1 aromatic carbocycles. The highest BCUT2D eigenvalue weighted by atomic mass is 35.5. The van der Waals surface area contributed by atoms with Gasteiger partial charge in [0.05, 0.1) is 12.2 Å². The number of nitrogens with one attached hydrogen (secondary N) is 1. The molecule has 2 heterocycles. The molecular formula is C17H20ClFN4O. The molecule has 7 heteroatoms. The number of hydrogen-bond acceptors (Lipinski definition) is 3. The minimum Gasteiger partial charge on any atom is -0.311 e. The first-order valence-corrected chi connectivity index (χ1v) is 8.38. The lowest BCUT2D eigenvalue weighted by Crippen LogP contribution is -2.35. The van der Waals surface area contributed by atoms with Crippen molar-refractivity contribution in [3.8, 4) is 0 Å². The van der Waals surface area contributed by atoms with Gasteiger partial charge < -0.3 is 5.32 Å². The van der Waals surface area contributed by atoms with Crippen molar-refractivity contribution in [1.82, 2.24) is 14.7 Å². The fraction of sp³-hybridized carbons (Fsp3) is 0.412. The Morgan fingerprint density at radius 1 is 1.38 bits per heavy atom. The van der Waals surface area contributed by atoms with Gasteiger partial charge >= 0.3 is 0 Å². The van der Waals surface area contributed by atoms with Gasteiger partial charge in [0.2, 0.25) is 5.91 Å². The maximum Gasteiger partial charge on any atom is 0.222 e. The summed E-state index contributed by atoms with van der Waals surface area (Å²) in [5, 5.41) is 7.60. The Kier molecular flexibility index (Phi) is 5.16. The van der Waals surface area contributed by atoms with Gasteiger partial charge in [-0.05, 0) is 25.0 Å². The third-order valence-corrected chi connectivity index (χ3v) is 4.67. The van der Waals surface area contributed by atoms with E-state index in [1.807, 2.05) is 4.68 Å². The molecule has 0 bridgehead atoms. The second-order valence-electron chi connectivity index (χ2n) is 6.05. The van der Waals surface area contributed by atoms with Crippen LogP contribution < -0.4 is 5.32 Å². The van der Waals surface area contributed by atoms with E-state index in [1.165, 1.54) is 13.0 Å². The molecule has 1 saturated heterocycles. The molecular weight excluding hydrogens is 331 g/mol. The van der Waals surface area contributed by atoms with Crippen molar-refractivity contribution in [2.45, 2.75) is 32.4 Å². The van der Waals surface area contributed by atoms with Gasteiger partial charge in [0.1, 0.15) is 11.6 Å². The van der Waals surface area contributed by atoms with Crippen LogP contribution in [0, 0.1) is 5.82 Å². The average Bonchev–Trinajstić information content (AvgIpc) is 2.99. The minimum atomic E-state index is -0.260. The highest BCUT2D eigenvalue weighted by molar-refractivity contribution is 6.31. The van der Waals surface area contributed by atoms with E-state index in [4.69, 9.17) is 11.6 Å². The molecule has 5 nitrogen and oxygen atoms in total. The number of carbonyl (C=O) groups is 1. The zero-order chi connectivity index (χ0) is 17.1. The van der Waals surface area contributed by atoms with E-state index in [1.54, 1.807) is 24.4 Å². The van der Waals surface area contributed by atoms with Gasteiger partial charge in [-0.15, -0.1) is 0 Å². The molecule has 0 spiro atoms. The number of likely N-dealkylation sites (tertiary alicyclic amines) is 1. The smallest absolute Gasteiger partial charge is 0.222 e. The highest BCUT2D eigenvalue weighted by Gasteiger charge is 2.24. The van der Waals surface area contributed by atoms with Crippen LogP contribution in [0.3, 0.4) is 0 Å².